The number of benzene rings is 3. The highest BCUT2D eigenvalue weighted by Crippen LogP contribution is 2.36. The molecule has 0 spiro atoms. The van der Waals surface area contributed by atoms with Crippen LogP contribution in [0.1, 0.15) is 30.1 Å². The minimum atomic E-state index is 0.186. The first-order valence-electron chi connectivity index (χ1n) is 12.0. The van der Waals surface area contributed by atoms with Gasteiger partial charge in [-0.05, 0) is 81.5 Å². The number of ketones is 1. The van der Waals surface area contributed by atoms with E-state index in [1.165, 1.54) is 0 Å². The van der Waals surface area contributed by atoms with Gasteiger partial charge in [-0.25, -0.2) is 0 Å². The lowest BCUT2D eigenvalue weighted by Gasteiger charge is -2.18. The van der Waals surface area contributed by atoms with Crippen molar-refractivity contribution in [2.45, 2.75) is 19.8 Å². The first-order chi connectivity index (χ1) is 17.0. The van der Waals surface area contributed by atoms with E-state index in [1.807, 2.05) is 63.5 Å². The Hall–Kier alpha value is -3.15. The molecule has 0 bridgehead atoms. The zero-order valence-electron chi connectivity index (χ0n) is 20.5. The molecule has 0 aliphatic heterocycles. The van der Waals surface area contributed by atoms with E-state index >= 15 is 0 Å². The summed E-state index contributed by atoms with van der Waals surface area (Å²) in [6.07, 6.45) is 1.42. The number of para-hydroxylation sites is 2. The number of hydrogen-bond donors (Lipinski definition) is 0. The molecule has 0 aliphatic carbocycles. The number of ether oxygens (including phenoxy) is 1. The van der Waals surface area contributed by atoms with Crippen molar-refractivity contribution in [3.63, 3.8) is 0 Å². The van der Waals surface area contributed by atoms with Crippen LogP contribution in [0.4, 0.5) is 0 Å². The Morgan fingerprint density at radius 2 is 1.46 bits per heavy atom. The van der Waals surface area contributed by atoms with Crippen LogP contribution in [-0.4, -0.2) is 42.5 Å². The predicted octanol–water partition coefficient (Wildman–Crippen LogP) is 7.50. The lowest BCUT2D eigenvalue weighted by molar-refractivity contribution is 0.0977. The molecule has 4 aromatic rings. The number of rotatable bonds is 10. The molecule has 0 N–H and O–H groups in total. The normalized spacial score (nSPS) is 11.1. The summed E-state index contributed by atoms with van der Waals surface area (Å²) in [5.74, 6) is 1.02. The van der Waals surface area contributed by atoms with E-state index in [4.69, 9.17) is 4.74 Å². The van der Waals surface area contributed by atoms with Gasteiger partial charge in [-0.1, -0.05) is 64.5 Å². The zero-order chi connectivity index (χ0) is 24.8. The summed E-state index contributed by atoms with van der Waals surface area (Å²) in [7, 11) is 4.06. The Balaban J connectivity index is 1.74. The monoisotopic (exact) mass is 530 g/mol. The summed E-state index contributed by atoms with van der Waals surface area (Å²) in [6.45, 7) is 3.50. The first kappa shape index (κ1) is 25.0. The Kier molecular flexibility index (Phi) is 8.21. The number of carbonyl (C=O) groups excluding carboxylic acids is 1. The molecule has 0 saturated heterocycles. The molecule has 1 aromatic heterocycles. The van der Waals surface area contributed by atoms with Crippen LogP contribution in [0, 0.1) is 0 Å². The van der Waals surface area contributed by atoms with Crippen molar-refractivity contribution >= 4 is 21.7 Å². The summed E-state index contributed by atoms with van der Waals surface area (Å²) in [5.41, 5.74) is 6.01. The van der Waals surface area contributed by atoms with Gasteiger partial charge in [0.05, 0.1) is 23.7 Å². The molecular weight excluding hydrogens is 500 g/mol. The minimum absolute atomic E-state index is 0.186. The van der Waals surface area contributed by atoms with Gasteiger partial charge in [-0.15, -0.1) is 0 Å². The zero-order valence-corrected chi connectivity index (χ0v) is 22.1. The van der Waals surface area contributed by atoms with Crippen molar-refractivity contribution in [1.29, 1.82) is 0 Å². The summed E-state index contributed by atoms with van der Waals surface area (Å²) in [6, 6.07) is 28.7. The standard InChI is InChI=1S/C30H31BrN2O2/c1-4-35-30-10-6-5-8-28(30)33-26(19-20-27(33)23-15-17-25(31)18-16-23)22-11-13-24(14-12-22)29(34)9-7-21-32(2)3/h5-6,8,10-20H,4,7,9,21H2,1-3H3. The molecule has 0 unspecified atom stereocenters. The molecule has 1 heterocycles. The Morgan fingerprint density at radius 3 is 2.06 bits per heavy atom. The van der Waals surface area contributed by atoms with Gasteiger partial charge >= 0.3 is 0 Å². The molecule has 0 radical (unpaired) electrons. The van der Waals surface area contributed by atoms with Gasteiger partial charge in [-0.2, -0.15) is 0 Å². The third-order valence-electron chi connectivity index (χ3n) is 5.94. The molecule has 0 fully saturated rings. The fraction of sp³-hybridized carbons (Fsp3) is 0.233. The molecule has 4 nitrogen and oxygen atoms in total. The van der Waals surface area contributed by atoms with Crippen LogP contribution in [0.5, 0.6) is 5.75 Å². The fourth-order valence-corrected chi connectivity index (χ4v) is 4.48. The van der Waals surface area contributed by atoms with Crippen molar-refractivity contribution < 1.29 is 9.53 Å². The molecule has 180 valence electrons. The highest BCUT2D eigenvalue weighted by molar-refractivity contribution is 9.10. The molecule has 35 heavy (non-hydrogen) atoms. The van der Waals surface area contributed by atoms with Crippen LogP contribution in [-0.2, 0) is 0 Å². The predicted molar refractivity (Wildman–Crippen MR) is 148 cm³/mol. The molecule has 0 saturated carbocycles. The van der Waals surface area contributed by atoms with Gasteiger partial charge in [0.25, 0.3) is 0 Å². The van der Waals surface area contributed by atoms with Crippen molar-refractivity contribution in [2.75, 3.05) is 27.2 Å². The minimum Gasteiger partial charge on any atom is -0.492 e. The van der Waals surface area contributed by atoms with Gasteiger partial charge in [0.2, 0.25) is 0 Å². The summed E-state index contributed by atoms with van der Waals surface area (Å²) in [4.78, 5) is 14.8. The number of halogens is 1. The molecule has 0 atom stereocenters. The lowest BCUT2D eigenvalue weighted by Crippen LogP contribution is -2.14. The van der Waals surface area contributed by atoms with Crippen LogP contribution < -0.4 is 4.74 Å². The van der Waals surface area contributed by atoms with Crippen LogP contribution in [0.25, 0.3) is 28.2 Å². The van der Waals surface area contributed by atoms with E-state index in [-0.39, 0.29) is 5.78 Å². The van der Waals surface area contributed by atoms with E-state index in [2.05, 4.69) is 67.9 Å². The Labute approximate surface area is 216 Å². The second-order valence-corrected chi connectivity index (χ2v) is 9.67. The van der Waals surface area contributed by atoms with Gasteiger partial charge in [0, 0.05) is 16.5 Å². The maximum absolute atomic E-state index is 12.7. The van der Waals surface area contributed by atoms with Crippen LogP contribution in [0.2, 0.25) is 0 Å². The Bertz CT molecular complexity index is 1270. The average molecular weight is 531 g/mol. The van der Waals surface area contributed by atoms with Crippen molar-refractivity contribution in [2.24, 2.45) is 0 Å². The van der Waals surface area contributed by atoms with Crippen LogP contribution >= 0.6 is 15.9 Å². The van der Waals surface area contributed by atoms with Crippen LogP contribution in [0.3, 0.4) is 0 Å². The highest BCUT2D eigenvalue weighted by atomic mass is 79.9. The largest absolute Gasteiger partial charge is 0.492 e. The second-order valence-electron chi connectivity index (χ2n) is 8.75. The molecule has 0 amide bonds. The van der Waals surface area contributed by atoms with E-state index in [0.29, 0.717) is 13.0 Å². The summed E-state index contributed by atoms with van der Waals surface area (Å²) < 4.78 is 9.27. The number of nitrogens with zero attached hydrogens (tertiary/aromatic N) is 2. The smallest absolute Gasteiger partial charge is 0.162 e. The number of aromatic nitrogens is 1. The third-order valence-corrected chi connectivity index (χ3v) is 6.47. The molecular formula is C30H31BrN2O2. The average Bonchev–Trinajstić information content (AvgIpc) is 3.30. The quantitative estimate of drug-likeness (QED) is 0.199. The molecule has 5 heteroatoms. The topological polar surface area (TPSA) is 34.5 Å². The van der Waals surface area contributed by atoms with E-state index < -0.39 is 0 Å². The van der Waals surface area contributed by atoms with Gasteiger partial charge in [-0.3, -0.25) is 4.79 Å². The summed E-state index contributed by atoms with van der Waals surface area (Å²) in [5, 5.41) is 0. The summed E-state index contributed by atoms with van der Waals surface area (Å²) >= 11 is 3.54. The molecule has 0 aliphatic rings. The molecule has 4 rings (SSSR count). The third kappa shape index (κ3) is 5.92. The highest BCUT2D eigenvalue weighted by Gasteiger charge is 2.17. The number of carbonyl (C=O) groups is 1. The first-order valence-corrected chi connectivity index (χ1v) is 12.8. The van der Waals surface area contributed by atoms with E-state index in [1.54, 1.807) is 0 Å². The van der Waals surface area contributed by atoms with E-state index in [9.17, 15) is 4.79 Å². The Morgan fingerprint density at radius 1 is 0.857 bits per heavy atom. The lowest BCUT2D eigenvalue weighted by atomic mass is 10.0. The van der Waals surface area contributed by atoms with Crippen molar-refractivity contribution in [1.82, 2.24) is 9.47 Å². The fourth-order valence-electron chi connectivity index (χ4n) is 4.21. The van der Waals surface area contributed by atoms with Gasteiger partial charge < -0.3 is 14.2 Å². The number of Topliss-reactive ketones (excluding diaryl/α,β-unsaturated/α-hetero) is 1. The SMILES string of the molecule is CCOc1ccccc1-n1c(-c2ccc(Br)cc2)ccc1-c1ccc(C(=O)CCCN(C)C)cc1. The van der Waals surface area contributed by atoms with Gasteiger partial charge in [0.15, 0.2) is 5.78 Å². The van der Waals surface area contributed by atoms with Crippen molar-refractivity contribution in [3.8, 4) is 34.0 Å². The maximum atomic E-state index is 12.7. The van der Waals surface area contributed by atoms with E-state index in [0.717, 1.165) is 57.0 Å². The van der Waals surface area contributed by atoms with Crippen molar-refractivity contribution in [3.05, 3.63) is 95.0 Å². The van der Waals surface area contributed by atoms with Gasteiger partial charge in [0.1, 0.15) is 5.75 Å². The second kappa shape index (κ2) is 11.5. The maximum Gasteiger partial charge on any atom is 0.162 e. The van der Waals surface area contributed by atoms with Crippen LogP contribution in [0.15, 0.2) is 89.4 Å². The number of hydrogen-bond acceptors (Lipinski definition) is 3. The molecule has 3 aromatic carbocycles.